The van der Waals surface area contributed by atoms with Crippen molar-refractivity contribution in [3.63, 3.8) is 0 Å². The quantitative estimate of drug-likeness (QED) is 0.741. The topological polar surface area (TPSA) is 12.0 Å². The van der Waals surface area contributed by atoms with Gasteiger partial charge in [-0.25, -0.2) is 0 Å². The molecule has 0 spiro atoms. The van der Waals surface area contributed by atoms with E-state index >= 15 is 0 Å². The highest BCUT2D eigenvalue weighted by Gasteiger charge is 2.07. The van der Waals surface area contributed by atoms with E-state index in [0.29, 0.717) is 6.04 Å². The third-order valence-electron chi connectivity index (χ3n) is 2.78. The number of benzene rings is 1. The number of terminal acetylenes is 1. The Bertz CT molecular complexity index is 373. The SMILES string of the molecule is C#CC(C)NC(C)c1ccc(C)c(C)c1. The molecule has 0 aliphatic rings. The Kier molecular flexibility index (Phi) is 3.94. The minimum absolute atomic E-state index is 0.113. The highest BCUT2D eigenvalue weighted by atomic mass is 14.9. The van der Waals surface area contributed by atoms with E-state index in [4.69, 9.17) is 6.42 Å². The van der Waals surface area contributed by atoms with E-state index in [9.17, 15) is 0 Å². The molecule has 0 aliphatic heterocycles. The second-order valence-electron chi connectivity index (χ2n) is 4.12. The van der Waals surface area contributed by atoms with E-state index in [0.717, 1.165) is 0 Å². The molecule has 1 N–H and O–H groups in total. The second kappa shape index (κ2) is 5.00. The summed E-state index contributed by atoms with van der Waals surface area (Å²) in [6.07, 6.45) is 5.34. The van der Waals surface area contributed by atoms with Gasteiger partial charge in [-0.1, -0.05) is 24.1 Å². The van der Waals surface area contributed by atoms with Crippen LogP contribution in [0.15, 0.2) is 18.2 Å². The van der Waals surface area contributed by atoms with E-state index in [-0.39, 0.29) is 6.04 Å². The van der Waals surface area contributed by atoms with Crippen LogP contribution in [0.25, 0.3) is 0 Å². The average molecular weight is 201 g/mol. The van der Waals surface area contributed by atoms with Gasteiger partial charge in [-0.05, 0) is 44.4 Å². The molecule has 0 saturated heterocycles. The van der Waals surface area contributed by atoms with Crippen LogP contribution < -0.4 is 5.32 Å². The molecule has 1 aromatic rings. The van der Waals surface area contributed by atoms with Gasteiger partial charge in [0.1, 0.15) is 0 Å². The molecule has 2 atom stereocenters. The van der Waals surface area contributed by atoms with Crippen molar-refractivity contribution in [1.82, 2.24) is 5.32 Å². The number of nitrogens with one attached hydrogen (secondary N) is 1. The summed E-state index contributed by atoms with van der Waals surface area (Å²) < 4.78 is 0. The summed E-state index contributed by atoms with van der Waals surface area (Å²) in [5, 5.41) is 3.36. The zero-order chi connectivity index (χ0) is 11.4. The third-order valence-corrected chi connectivity index (χ3v) is 2.78. The number of hydrogen-bond donors (Lipinski definition) is 1. The van der Waals surface area contributed by atoms with Crippen LogP contribution in [0.5, 0.6) is 0 Å². The molecule has 0 aliphatic carbocycles. The van der Waals surface area contributed by atoms with Gasteiger partial charge < -0.3 is 0 Å². The van der Waals surface area contributed by atoms with Gasteiger partial charge in [0.15, 0.2) is 0 Å². The second-order valence-corrected chi connectivity index (χ2v) is 4.12. The zero-order valence-electron chi connectivity index (χ0n) is 9.96. The maximum Gasteiger partial charge on any atom is 0.0662 e. The Balaban J connectivity index is 2.79. The molecule has 1 rings (SSSR count). The van der Waals surface area contributed by atoms with Gasteiger partial charge in [0.2, 0.25) is 0 Å². The lowest BCUT2D eigenvalue weighted by atomic mass is 10.0. The van der Waals surface area contributed by atoms with Crippen molar-refractivity contribution < 1.29 is 0 Å². The summed E-state index contributed by atoms with van der Waals surface area (Å²) in [5.74, 6) is 2.68. The van der Waals surface area contributed by atoms with Gasteiger partial charge in [-0.15, -0.1) is 6.42 Å². The first-order valence-corrected chi connectivity index (χ1v) is 5.34. The summed E-state index contributed by atoms with van der Waals surface area (Å²) in [5.41, 5.74) is 3.95. The van der Waals surface area contributed by atoms with Crippen LogP contribution in [0.4, 0.5) is 0 Å². The molecule has 1 aromatic carbocycles. The van der Waals surface area contributed by atoms with Crippen molar-refractivity contribution in [3.8, 4) is 12.3 Å². The standard InChI is InChI=1S/C14H19N/c1-6-12(4)15-13(5)14-8-7-10(2)11(3)9-14/h1,7-9,12-13,15H,2-5H3. The molecule has 0 bridgehead atoms. The fourth-order valence-electron chi connectivity index (χ4n) is 1.55. The van der Waals surface area contributed by atoms with Crippen LogP contribution in [0.1, 0.15) is 36.6 Å². The fraction of sp³-hybridized carbons (Fsp3) is 0.429. The molecule has 0 radical (unpaired) electrons. The van der Waals surface area contributed by atoms with Gasteiger partial charge >= 0.3 is 0 Å². The molecule has 0 aromatic heterocycles. The Morgan fingerprint density at radius 1 is 1.20 bits per heavy atom. The molecule has 0 fully saturated rings. The Morgan fingerprint density at radius 3 is 2.40 bits per heavy atom. The van der Waals surface area contributed by atoms with Crippen molar-refractivity contribution in [2.45, 2.75) is 39.8 Å². The zero-order valence-corrected chi connectivity index (χ0v) is 9.96. The Hall–Kier alpha value is -1.26. The first kappa shape index (κ1) is 11.8. The summed E-state index contributed by atoms with van der Waals surface area (Å²) in [6, 6.07) is 6.94. The lowest BCUT2D eigenvalue weighted by Crippen LogP contribution is -2.27. The van der Waals surface area contributed by atoms with Gasteiger partial charge in [0.25, 0.3) is 0 Å². The lowest BCUT2D eigenvalue weighted by molar-refractivity contribution is 0.546. The van der Waals surface area contributed by atoms with E-state index < -0.39 is 0 Å². The van der Waals surface area contributed by atoms with E-state index in [1.165, 1.54) is 16.7 Å². The third kappa shape index (κ3) is 3.11. The minimum atomic E-state index is 0.113. The molecule has 80 valence electrons. The van der Waals surface area contributed by atoms with E-state index in [1.54, 1.807) is 0 Å². The molecule has 0 heterocycles. The Morgan fingerprint density at radius 2 is 1.87 bits per heavy atom. The van der Waals surface area contributed by atoms with Crippen molar-refractivity contribution >= 4 is 0 Å². The molecule has 1 nitrogen and oxygen atoms in total. The van der Waals surface area contributed by atoms with Gasteiger partial charge in [-0.2, -0.15) is 0 Å². The summed E-state index contributed by atoms with van der Waals surface area (Å²) >= 11 is 0. The molecule has 2 unspecified atom stereocenters. The highest BCUT2D eigenvalue weighted by molar-refractivity contribution is 5.31. The summed E-state index contributed by atoms with van der Waals surface area (Å²) in [7, 11) is 0. The molecule has 15 heavy (non-hydrogen) atoms. The number of aryl methyl sites for hydroxylation is 2. The molecule has 0 amide bonds. The Labute approximate surface area is 92.9 Å². The maximum absolute atomic E-state index is 5.34. The lowest BCUT2D eigenvalue weighted by Gasteiger charge is -2.17. The van der Waals surface area contributed by atoms with Crippen LogP contribution in [0, 0.1) is 26.2 Å². The van der Waals surface area contributed by atoms with Gasteiger partial charge in [0, 0.05) is 6.04 Å². The van der Waals surface area contributed by atoms with Crippen molar-refractivity contribution in [3.05, 3.63) is 34.9 Å². The predicted octanol–water partition coefficient (Wildman–Crippen LogP) is 2.98. The smallest absolute Gasteiger partial charge is 0.0662 e. The first-order chi connectivity index (χ1) is 7.04. The minimum Gasteiger partial charge on any atom is -0.297 e. The van der Waals surface area contributed by atoms with Gasteiger partial charge in [-0.3, -0.25) is 5.32 Å². The fourth-order valence-corrected chi connectivity index (χ4v) is 1.55. The van der Waals surface area contributed by atoms with Gasteiger partial charge in [0.05, 0.1) is 6.04 Å². The molecule has 0 saturated carbocycles. The predicted molar refractivity (Wildman–Crippen MR) is 65.8 cm³/mol. The maximum atomic E-state index is 5.34. The van der Waals surface area contributed by atoms with E-state index in [1.807, 2.05) is 6.92 Å². The molecular weight excluding hydrogens is 182 g/mol. The van der Waals surface area contributed by atoms with Crippen molar-refractivity contribution in [2.24, 2.45) is 0 Å². The number of hydrogen-bond acceptors (Lipinski definition) is 1. The van der Waals surface area contributed by atoms with Crippen LogP contribution in [-0.2, 0) is 0 Å². The summed E-state index contributed by atoms with van der Waals surface area (Å²) in [4.78, 5) is 0. The molecule has 1 heteroatoms. The first-order valence-electron chi connectivity index (χ1n) is 5.34. The van der Waals surface area contributed by atoms with Crippen LogP contribution in [0.3, 0.4) is 0 Å². The average Bonchev–Trinajstić information content (AvgIpc) is 2.21. The normalized spacial score (nSPS) is 14.3. The van der Waals surface area contributed by atoms with Crippen LogP contribution >= 0.6 is 0 Å². The summed E-state index contributed by atoms with van der Waals surface area (Å²) in [6.45, 7) is 8.40. The van der Waals surface area contributed by atoms with Crippen molar-refractivity contribution in [1.29, 1.82) is 0 Å². The van der Waals surface area contributed by atoms with Crippen LogP contribution in [-0.4, -0.2) is 6.04 Å². The molecular formula is C14H19N. The highest BCUT2D eigenvalue weighted by Crippen LogP contribution is 2.16. The van der Waals surface area contributed by atoms with Crippen molar-refractivity contribution in [2.75, 3.05) is 0 Å². The monoisotopic (exact) mass is 201 g/mol. The number of rotatable bonds is 3. The van der Waals surface area contributed by atoms with Crippen LogP contribution in [0.2, 0.25) is 0 Å². The van der Waals surface area contributed by atoms with E-state index in [2.05, 4.69) is 50.2 Å². The largest absolute Gasteiger partial charge is 0.297 e.